The lowest BCUT2D eigenvalue weighted by molar-refractivity contribution is -0.123. The zero-order valence-electron chi connectivity index (χ0n) is 12.1. The van der Waals surface area contributed by atoms with Crippen molar-refractivity contribution in [2.45, 2.75) is 25.8 Å². The van der Waals surface area contributed by atoms with Gasteiger partial charge in [0.1, 0.15) is 6.04 Å². The van der Waals surface area contributed by atoms with Crippen LogP contribution >= 0.6 is 23.2 Å². The Morgan fingerprint density at radius 3 is 2.91 bits per heavy atom. The highest BCUT2D eigenvalue weighted by Crippen LogP contribution is 2.28. The molecule has 2 N–H and O–H groups in total. The first-order chi connectivity index (χ1) is 11.0. The second-order valence-electron chi connectivity index (χ2n) is 5.03. The number of hydrogen-bond acceptors (Lipinski definition) is 4. The van der Waals surface area contributed by atoms with E-state index in [-0.39, 0.29) is 18.2 Å². The van der Waals surface area contributed by atoms with Gasteiger partial charge in [-0.2, -0.15) is 10.1 Å². The Morgan fingerprint density at radius 1 is 1.43 bits per heavy atom. The molecular formula is C14H13Cl2N5O2. The summed E-state index contributed by atoms with van der Waals surface area (Å²) in [6.07, 6.45) is 0.583. The smallest absolute Gasteiger partial charge is 0.252 e. The third kappa shape index (κ3) is 3.16. The molecule has 9 heteroatoms. The van der Waals surface area contributed by atoms with E-state index in [0.29, 0.717) is 33.9 Å². The van der Waals surface area contributed by atoms with Crippen LogP contribution in [0.2, 0.25) is 10.0 Å². The van der Waals surface area contributed by atoms with Crippen molar-refractivity contribution in [1.82, 2.24) is 14.8 Å². The summed E-state index contributed by atoms with van der Waals surface area (Å²) >= 11 is 11.8. The Morgan fingerprint density at radius 2 is 2.22 bits per heavy atom. The van der Waals surface area contributed by atoms with E-state index >= 15 is 0 Å². The Kier molecular flexibility index (Phi) is 4.23. The van der Waals surface area contributed by atoms with Crippen LogP contribution in [0.4, 0.5) is 11.6 Å². The van der Waals surface area contributed by atoms with Crippen molar-refractivity contribution in [3.63, 3.8) is 0 Å². The highest BCUT2D eigenvalue weighted by atomic mass is 35.5. The SMILES string of the molecule is CCc1nc2n(n1)[C@@H](CC(=O)Nc1ccc(Cl)cc1Cl)C(=O)N2. The molecule has 0 bridgehead atoms. The van der Waals surface area contributed by atoms with Crippen molar-refractivity contribution < 1.29 is 9.59 Å². The Hall–Kier alpha value is -2.12. The maximum absolute atomic E-state index is 12.2. The van der Waals surface area contributed by atoms with Crippen molar-refractivity contribution in [1.29, 1.82) is 0 Å². The molecule has 1 aromatic heterocycles. The van der Waals surface area contributed by atoms with Crippen molar-refractivity contribution in [2.24, 2.45) is 0 Å². The molecule has 23 heavy (non-hydrogen) atoms. The number of nitrogens with one attached hydrogen (secondary N) is 2. The van der Waals surface area contributed by atoms with E-state index in [1.807, 2.05) is 6.92 Å². The number of carbonyl (C=O) groups excluding carboxylic acids is 2. The topological polar surface area (TPSA) is 88.9 Å². The van der Waals surface area contributed by atoms with Gasteiger partial charge in [0.15, 0.2) is 5.82 Å². The quantitative estimate of drug-likeness (QED) is 0.884. The lowest BCUT2D eigenvalue weighted by atomic mass is 10.2. The molecule has 2 amide bonds. The van der Waals surface area contributed by atoms with Gasteiger partial charge < -0.3 is 5.32 Å². The van der Waals surface area contributed by atoms with Crippen molar-refractivity contribution >= 4 is 46.7 Å². The van der Waals surface area contributed by atoms with E-state index in [4.69, 9.17) is 23.2 Å². The second kappa shape index (κ2) is 6.17. The van der Waals surface area contributed by atoms with E-state index < -0.39 is 6.04 Å². The van der Waals surface area contributed by atoms with Crippen molar-refractivity contribution in [3.05, 3.63) is 34.1 Å². The molecule has 0 saturated heterocycles. The fourth-order valence-electron chi connectivity index (χ4n) is 2.27. The van der Waals surface area contributed by atoms with Crippen LogP contribution in [0.5, 0.6) is 0 Å². The summed E-state index contributed by atoms with van der Waals surface area (Å²) in [5, 5.41) is 10.3. The molecule has 0 fully saturated rings. The molecule has 3 rings (SSSR count). The minimum Gasteiger partial charge on any atom is -0.325 e. The van der Waals surface area contributed by atoms with Gasteiger partial charge in [-0.3, -0.25) is 14.9 Å². The molecule has 120 valence electrons. The predicted molar refractivity (Wildman–Crippen MR) is 86.8 cm³/mol. The normalized spacial score (nSPS) is 16.1. The number of aromatic nitrogens is 3. The van der Waals surface area contributed by atoms with E-state index in [9.17, 15) is 9.59 Å². The van der Waals surface area contributed by atoms with Crippen LogP contribution in [0.15, 0.2) is 18.2 Å². The van der Waals surface area contributed by atoms with Gasteiger partial charge in [-0.25, -0.2) is 4.68 Å². The molecule has 7 nitrogen and oxygen atoms in total. The van der Waals surface area contributed by atoms with Crippen molar-refractivity contribution in [2.75, 3.05) is 10.6 Å². The first kappa shape index (κ1) is 15.8. The average molecular weight is 354 g/mol. The standard InChI is InChI=1S/C14H13Cl2N5O2/c1-2-11-18-14-19-13(23)10(21(14)20-11)6-12(22)17-9-4-3-7(15)5-8(9)16/h3-5,10H,2,6H2,1H3,(H,17,22)(H,18,19,20,23)/t10-/m0/s1. The number of nitrogens with zero attached hydrogens (tertiary/aromatic N) is 3. The number of amides is 2. The molecule has 0 aliphatic carbocycles. The summed E-state index contributed by atoms with van der Waals surface area (Å²) in [5.74, 6) is 0.330. The lowest BCUT2D eigenvalue weighted by Crippen LogP contribution is -2.24. The van der Waals surface area contributed by atoms with Crippen LogP contribution in [0.25, 0.3) is 0 Å². The third-order valence-corrected chi connectivity index (χ3v) is 3.96. The summed E-state index contributed by atoms with van der Waals surface area (Å²) in [6, 6.07) is 4.04. The molecule has 1 aromatic carbocycles. The number of fused-ring (bicyclic) bond motifs is 1. The predicted octanol–water partition coefficient (Wildman–Crippen LogP) is 2.67. The average Bonchev–Trinajstić information content (AvgIpc) is 3.01. The molecule has 1 aliphatic rings. The number of halogens is 2. The number of anilines is 2. The van der Waals surface area contributed by atoms with E-state index in [2.05, 4.69) is 20.7 Å². The molecule has 0 radical (unpaired) electrons. The highest BCUT2D eigenvalue weighted by Gasteiger charge is 2.34. The van der Waals surface area contributed by atoms with E-state index in [0.717, 1.165) is 0 Å². The van der Waals surface area contributed by atoms with Crippen LogP contribution in [0, 0.1) is 0 Å². The third-order valence-electron chi connectivity index (χ3n) is 3.41. The zero-order chi connectivity index (χ0) is 16.6. The number of rotatable bonds is 4. The summed E-state index contributed by atoms with van der Waals surface area (Å²) in [5.41, 5.74) is 0.438. The fourth-order valence-corrected chi connectivity index (χ4v) is 2.73. The molecular weight excluding hydrogens is 341 g/mol. The Labute approximate surface area is 142 Å². The van der Waals surface area contributed by atoms with Crippen LogP contribution < -0.4 is 10.6 Å². The van der Waals surface area contributed by atoms with Crippen LogP contribution in [-0.2, 0) is 16.0 Å². The maximum atomic E-state index is 12.2. The summed E-state index contributed by atoms with van der Waals surface area (Å²) in [4.78, 5) is 28.3. The van der Waals surface area contributed by atoms with E-state index in [1.165, 1.54) is 10.7 Å². The van der Waals surface area contributed by atoms with Gasteiger partial charge in [-0.15, -0.1) is 0 Å². The van der Waals surface area contributed by atoms with Gasteiger partial charge in [0.25, 0.3) is 5.91 Å². The van der Waals surface area contributed by atoms with Crippen LogP contribution in [-0.4, -0.2) is 26.6 Å². The maximum Gasteiger partial charge on any atom is 0.252 e. The zero-order valence-corrected chi connectivity index (χ0v) is 13.6. The largest absolute Gasteiger partial charge is 0.325 e. The molecule has 1 atom stereocenters. The van der Waals surface area contributed by atoms with Gasteiger partial charge in [0.2, 0.25) is 11.9 Å². The highest BCUT2D eigenvalue weighted by molar-refractivity contribution is 6.36. The van der Waals surface area contributed by atoms with Crippen LogP contribution in [0.3, 0.4) is 0 Å². The number of carbonyl (C=O) groups is 2. The second-order valence-corrected chi connectivity index (χ2v) is 5.87. The minimum absolute atomic E-state index is 0.0652. The Bertz CT molecular complexity index is 789. The van der Waals surface area contributed by atoms with Gasteiger partial charge in [0, 0.05) is 11.4 Å². The molecule has 0 saturated carbocycles. The first-order valence-corrected chi connectivity index (χ1v) is 7.74. The minimum atomic E-state index is -0.719. The molecule has 2 aromatic rings. The first-order valence-electron chi connectivity index (χ1n) is 6.99. The number of aryl methyl sites for hydroxylation is 1. The van der Waals surface area contributed by atoms with Gasteiger partial charge in [0.05, 0.1) is 17.1 Å². The summed E-state index contributed by atoms with van der Waals surface area (Å²) in [7, 11) is 0. The number of benzene rings is 1. The summed E-state index contributed by atoms with van der Waals surface area (Å²) in [6.45, 7) is 1.91. The van der Waals surface area contributed by atoms with Gasteiger partial charge >= 0.3 is 0 Å². The molecule has 1 aliphatic heterocycles. The summed E-state index contributed by atoms with van der Waals surface area (Å²) < 4.78 is 1.45. The van der Waals surface area contributed by atoms with Crippen LogP contribution in [0.1, 0.15) is 25.2 Å². The van der Waals surface area contributed by atoms with Gasteiger partial charge in [-0.1, -0.05) is 30.1 Å². The monoisotopic (exact) mass is 353 g/mol. The van der Waals surface area contributed by atoms with Gasteiger partial charge in [-0.05, 0) is 18.2 Å². The van der Waals surface area contributed by atoms with Crippen molar-refractivity contribution in [3.8, 4) is 0 Å². The lowest BCUT2D eigenvalue weighted by Gasteiger charge is -2.11. The number of hydrogen-bond donors (Lipinski definition) is 2. The molecule has 0 unspecified atom stereocenters. The molecule has 0 spiro atoms. The van der Waals surface area contributed by atoms with E-state index in [1.54, 1.807) is 12.1 Å². The molecule has 2 heterocycles. The fraction of sp³-hybridized carbons (Fsp3) is 0.286. The Balaban J connectivity index is 1.73.